The number of anilines is 1. The van der Waals surface area contributed by atoms with Gasteiger partial charge in [-0.15, -0.1) is 11.6 Å². The normalized spacial score (nSPS) is 14.9. The minimum Gasteiger partial charge on any atom is -0.440 e. The molecule has 1 amide bonds. The van der Waals surface area contributed by atoms with E-state index in [-0.39, 0.29) is 5.91 Å². The number of carbonyl (C=O) groups excluding carboxylic acids is 1. The number of carbonyl (C=O) groups is 1. The van der Waals surface area contributed by atoms with Gasteiger partial charge in [-0.1, -0.05) is 0 Å². The molecule has 4 nitrogen and oxygen atoms in total. The summed E-state index contributed by atoms with van der Waals surface area (Å²) in [5.41, 5.74) is 2.29. The van der Waals surface area contributed by atoms with Crippen molar-refractivity contribution in [3.63, 3.8) is 0 Å². The highest BCUT2D eigenvalue weighted by Gasteiger charge is 2.28. The number of alkyl halides is 1. The quantitative estimate of drug-likeness (QED) is 0.863. The Morgan fingerprint density at radius 1 is 1.50 bits per heavy atom. The summed E-state index contributed by atoms with van der Waals surface area (Å²) in [4.78, 5) is 15.9. The summed E-state index contributed by atoms with van der Waals surface area (Å²) >= 11 is 5.51. The largest absolute Gasteiger partial charge is 0.440 e. The molecule has 0 aliphatic heterocycles. The van der Waals surface area contributed by atoms with Gasteiger partial charge in [-0.05, 0) is 31.0 Å². The van der Waals surface area contributed by atoms with Crippen molar-refractivity contribution < 1.29 is 9.21 Å². The lowest BCUT2D eigenvalue weighted by atomic mass is 10.3. The summed E-state index contributed by atoms with van der Waals surface area (Å²) in [6.45, 7) is 0. The molecule has 2 aromatic rings. The molecule has 0 unspecified atom stereocenters. The number of amides is 1. The van der Waals surface area contributed by atoms with Crippen LogP contribution in [0.2, 0.25) is 0 Å². The summed E-state index contributed by atoms with van der Waals surface area (Å²) in [6, 6.07) is 5.48. The second kappa shape index (κ2) is 4.61. The molecular formula is C13H13ClN2O2. The maximum absolute atomic E-state index is 11.4. The number of nitrogens with zero attached hydrogens (tertiary/aromatic N) is 1. The highest BCUT2D eigenvalue weighted by Crippen LogP contribution is 2.40. The van der Waals surface area contributed by atoms with Crippen LogP contribution in [0, 0.1) is 0 Å². The van der Waals surface area contributed by atoms with Gasteiger partial charge in [0.05, 0.1) is 0 Å². The average molecular weight is 265 g/mol. The number of hydrogen-bond acceptors (Lipinski definition) is 3. The molecule has 1 aliphatic rings. The van der Waals surface area contributed by atoms with Gasteiger partial charge in [-0.2, -0.15) is 0 Å². The Hall–Kier alpha value is -1.55. The zero-order valence-corrected chi connectivity index (χ0v) is 10.5. The fourth-order valence-corrected chi connectivity index (χ4v) is 2.01. The Kier molecular flexibility index (Phi) is 2.96. The zero-order valence-electron chi connectivity index (χ0n) is 9.78. The summed E-state index contributed by atoms with van der Waals surface area (Å²) < 4.78 is 5.65. The third-order valence-corrected chi connectivity index (χ3v) is 3.12. The van der Waals surface area contributed by atoms with E-state index >= 15 is 0 Å². The van der Waals surface area contributed by atoms with E-state index in [0.717, 1.165) is 35.5 Å². The molecule has 0 atom stereocenters. The number of hydrogen-bond donors (Lipinski definition) is 1. The fourth-order valence-electron chi connectivity index (χ4n) is 1.84. The topological polar surface area (TPSA) is 55.1 Å². The van der Waals surface area contributed by atoms with Gasteiger partial charge in [0.2, 0.25) is 5.91 Å². The molecule has 94 valence electrons. The van der Waals surface area contributed by atoms with Crippen LogP contribution in [0.5, 0.6) is 0 Å². The first-order valence-electron chi connectivity index (χ1n) is 6.02. The highest BCUT2D eigenvalue weighted by molar-refractivity contribution is 6.19. The summed E-state index contributed by atoms with van der Waals surface area (Å²) in [5.74, 6) is 1.54. The van der Waals surface area contributed by atoms with E-state index in [0.29, 0.717) is 18.2 Å². The predicted molar refractivity (Wildman–Crippen MR) is 70.0 cm³/mol. The molecule has 18 heavy (non-hydrogen) atoms. The van der Waals surface area contributed by atoms with Gasteiger partial charge >= 0.3 is 0 Å². The molecule has 1 heterocycles. The monoisotopic (exact) mass is 264 g/mol. The van der Waals surface area contributed by atoms with Crippen LogP contribution in [0.15, 0.2) is 22.6 Å². The van der Waals surface area contributed by atoms with Gasteiger partial charge in [-0.25, -0.2) is 4.98 Å². The molecule has 0 radical (unpaired) electrons. The molecule has 0 spiro atoms. The van der Waals surface area contributed by atoms with Crippen molar-refractivity contribution in [2.75, 3.05) is 11.2 Å². The first-order chi connectivity index (χ1) is 8.76. The van der Waals surface area contributed by atoms with Crippen molar-refractivity contribution in [3.8, 4) is 0 Å². The van der Waals surface area contributed by atoms with Crippen molar-refractivity contribution >= 4 is 34.3 Å². The van der Waals surface area contributed by atoms with Gasteiger partial charge in [0, 0.05) is 23.9 Å². The minimum atomic E-state index is -0.0877. The lowest BCUT2D eigenvalue weighted by Gasteiger charge is -2.02. The van der Waals surface area contributed by atoms with E-state index in [1.165, 1.54) is 0 Å². The van der Waals surface area contributed by atoms with E-state index < -0.39 is 0 Å². The summed E-state index contributed by atoms with van der Waals surface area (Å²) in [7, 11) is 0. The third-order valence-electron chi connectivity index (χ3n) is 2.94. The molecular weight excluding hydrogens is 252 g/mol. The molecule has 1 fully saturated rings. The van der Waals surface area contributed by atoms with Crippen LogP contribution in [0.3, 0.4) is 0 Å². The lowest BCUT2D eigenvalue weighted by molar-refractivity contribution is -0.115. The minimum absolute atomic E-state index is 0.0877. The molecule has 1 aromatic heterocycles. The Balaban J connectivity index is 1.83. The van der Waals surface area contributed by atoms with Crippen LogP contribution in [-0.2, 0) is 4.79 Å². The van der Waals surface area contributed by atoms with E-state index in [1.54, 1.807) is 0 Å². The first-order valence-corrected chi connectivity index (χ1v) is 6.56. The van der Waals surface area contributed by atoms with Gasteiger partial charge in [0.25, 0.3) is 0 Å². The van der Waals surface area contributed by atoms with Gasteiger partial charge < -0.3 is 9.73 Å². The Labute approximate surface area is 109 Å². The van der Waals surface area contributed by atoms with Gasteiger partial charge in [-0.3, -0.25) is 4.79 Å². The number of halogens is 1. The van der Waals surface area contributed by atoms with Crippen LogP contribution in [0.4, 0.5) is 5.69 Å². The predicted octanol–water partition coefficient (Wildman–Crippen LogP) is 3.27. The number of oxazole rings is 1. The van der Waals surface area contributed by atoms with Crippen molar-refractivity contribution in [3.05, 3.63) is 24.1 Å². The molecule has 1 aliphatic carbocycles. The number of benzene rings is 1. The average Bonchev–Trinajstić information content (AvgIpc) is 3.10. The summed E-state index contributed by atoms with van der Waals surface area (Å²) in [6.07, 6.45) is 2.63. The second-order valence-corrected chi connectivity index (χ2v) is 4.87. The molecule has 0 bridgehead atoms. The smallest absolute Gasteiger partial charge is 0.225 e. The van der Waals surface area contributed by atoms with E-state index in [2.05, 4.69) is 10.3 Å². The van der Waals surface area contributed by atoms with Crippen LogP contribution in [-0.4, -0.2) is 16.8 Å². The van der Waals surface area contributed by atoms with E-state index in [9.17, 15) is 4.79 Å². The molecule has 1 saturated carbocycles. The zero-order chi connectivity index (χ0) is 12.5. The molecule has 1 N–H and O–H groups in total. The van der Waals surface area contributed by atoms with E-state index in [1.807, 2.05) is 18.2 Å². The second-order valence-electron chi connectivity index (χ2n) is 4.50. The lowest BCUT2D eigenvalue weighted by Crippen LogP contribution is -2.11. The molecule has 1 aromatic carbocycles. The standard InChI is InChI=1S/C13H13ClN2O2/c14-6-5-12(17)15-9-3-4-11-10(7-9)16-13(18-11)8-1-2-8/h3-4,7-8H,1-2,5-6H2,(H,15,17). The molecule has 5 heteroatoms. The summed E-state index contributed by atoms with van der Waals surface area (Å²) in [5, 5.41) is 2.78. The van der Waals surface area contributed by atoms with Crippen molar-refractivity contribution in [2.45, 2.75) is 25.2 Å². The maximum Gasteiger partial charge on any atom is 0.225 e. The van der Waals surface area contributed by atoms with Crippen molar-refractivity contribution in [1.29, 1.82) is 0 Å². The molecule has 3 rings (SSSR count). The fraction of sp³-hybridized carbons (Fsp3) is 0.385. The molecule has 0 saturated heterocycles. The number of aromatic nitrogens is 1. The van der Waals surface area contributed by atoms with Crippen molar-refractivity contribution in [2.24, 2.45) is 0 Å². The Morgan fingerprint density at radius 3 is 3.06 bits per heavy atom. The van der Waals surface area contributed by atoms with Crippen LogP contribution in [0.1, 0.15) is 31.1 Å². The van der Waals surface area contributed by atoms with Gasteiger partial charge in [0.1, 0.15) is 5.52 Å². The maximum atomic E-state index is 11.4. The SMILES string of the molecule is O=C(CCCl)Nc1ccc2oc(C3CC3)nc2c1. The van der Waals surface area contributed by atoms with Crippen LogP contribution < -0.4 is 5.32 Å². The van der Waals surface area contributed by atoms with Gasteiger partial charge in [0.15, 0.2) is 11.5 Å². The van der Waals surface area contributed by atoms with E-state index in [4.69, 9.17) is 16.0 Å². The first kappa shape index (κ1) is 11.5. The number of nitrogens with one attached hydrogen (secondary N) is 1. The van der Waals surface area contributed by atoms with Crippen LogP contribution in [0.25, 0.3) is 11.1 Å². The number of fused-ring (bicyclic) bond motifs is 1. The number of rotatable bonds is 4. The Bertz CT molecular complexity index is 590. The third kappa shape index (κ3) is 2.34. The highest BCUT2D eigenvalue weighted by atomic mass is 35.5. The van der Waals surface area contributed by atoms with Crippen molar-refractivity contribution in [1.82, 2.24) is 4.98 Å². The Morgan fingerprint density at radius 2 is 2.33 bits per heavy atom. The van der Waals surface area contributed by atoms with Crippen LogP contribution >= 0.6 is 11.6 Å².